The van der Waals surface area contributed by atoms with Crippen LogP contribution < -0.4 is 14.2 Å². The topological polar surface area (TPSA) is 81.5 Å². The van der Waals surface area contributed by atoms with Crippen LogP contribution in [0.25, 0.3) is 27.7 Å². The molecule has 0 atom stereocenters. The number of nitrogens with zero attached hydrogens (tertiary/aromatic N) is 2. The Morgan fingerprint density at radius 1 is 0.857 bits per heavy atom. The average Bonchev–Trinajstić information content (AvgIpc) is 3.30. The van der Waals surface area contributed by atoms with Crippen molar-refractivity contribution in [2.75, 3.05) is 47.5 Å². The van der Waals surface area contributed by atoms with Gasteiger partial charge in [-0.1, -0.05) is 6.07 Å². The van der Waals surface area contributed by atoms with Crippen LogP contribution in [-0.4, -0.2) is 69.1 Å². The maximum absolute atomic E-state index is 13.0. The van der Waals surface area contributed by atoms with Gasteiger partial charge in [0.2, 0.25) is 11.8 Å². The monoisotopic (exact) mass is 478 g/mol. The summed E-state index contributed by atoms with van der Waals surface area (Å²) in [6.07, 6.45) is 3.33. The summed E-state index contributed by atoms with van der Waals surface area (Å²) < 4.78 is 22.3. The summed E-state index contributed by atoms with van der Waals surface area (Å²) in [5.41, 5.74) is 4.07. The first kappa shape index (κ1) is 24.2. The van der Waals surface area contributed by atoms with E-state index in [0.29, 0.717) is 49.0 Å². The summed E-state index contributed by atoms with van der Waals surface area (Å²) >= 11 is 0. The predicted octanol–water partition coefficient (Wildman–Crippen LogP) is 4.22. The van der Waals surface area contributed by atoms with E-state index in [0.717, 1.165) is 27.6 Å². The number of rotatable bonds is 6. The molecule has 0 spiro atoms. The molecule has 8 heteroatoms. The van der Waals surface area contributed by atoms with E-state index in [1.54, 1.807) is 50.4 Å². The van der Waals surface area contributed by atoms with Crippen LogP contribution in [0.2, 0.25) is 0 Å². The third-order valence-corrected chi connectivity index (χ3v) is 6.39. The first-order valence-corrected chi connectivity index (χ1v) is 11.4. The third kappa shape index (κ3) is 4.82. The lowest BCUT2D eigenvalue weighted by atomic mass is 9.99. The standard InChI is InChI=1S/C27H30N2O6/c1-17(12-27(31)29-10-8-28(9-11-29)18(2)30)20-14-21-22(16-35-25(21)15-24(20)33-4)19-6-7-23(32-3)26(13-19)34-5/h6-7,12-16H,8-11H2,1-5H3/b17-12+. The fourth-order valence-corrected chi connectivity index (χ4v) is 4.36. The average molecular weight is 479 g/mol. The van der Waals surface area contributed by atoms with Crippen LogP contribution in [0.5, 0.6) is 17.2 Å². The molecule has 1 fully saturated rings. The van der Waals surface area contributed by atoms with E-state index in [2.05, 4.69) is 0 Å². The Morgan fingerprint density at radius 2 is 1.51 bits per heavy atom. The predicted molar refractivity (Wildman–Crippen MR) is 134 cm³/mol. The second-order valence-electron chi connectivity index (χ2n) is 8.43. The van der Waals surface area contributed by atoms with Crippen molar-refractivity contribution in [1.82, 2.24) is 9.80 Å². The molecule has 1 aliphatic rings. The van der Waals surface area contributed by atoms with Gasteiger partial charge in [0.1, 0.15) is 11.3 Å². The molecule has 3 aromatic rings. The van der Waals surface area contributed by atoms with Gasteiger partial charge in [-0.3, -0.25) is 9.59 Å². The molecular formula is C27H30N2O6. The van der Waals surface area contributed by atoms with E-state index in [1.807, 2.05) is 37.3 Å². The molecule has 0 saturated carbocycles. The Kier molecular flexibility index (Phi) is 7.00. The third-order valence-electron chi connectivity index (χ3n) is 6.39. The number of piperazine rings is 1. The number of allylic oxidation sites excluding steroid dienone is 1. The number of carbonyl (C=O) groups is 2. The summed E-state index contributed by atoms with van der Waals surface area (Å²) in [5.74, 6) is 1.84. The van der Waals surface area contributed by atoms with Gasteiger partial charge in [0, 0.05) is 61.8 Å². The maximum atomic E-state index is 13.0. The number of carbonyl (C=O) groups excluding carboxylic acids is 2. The SMILES string of the molecule is COc1ccc(-c2coc3cc(OC)c(/C(C)=C/C(=O)N4CCN(C(C)=O)CC4)cc23)cc1OC. The minimum atomic E-state index is -0.0832. The Labute approximate surface area is 204 Å². The van der Waals surface area contributed by atoms with Crippen molar-refractivity contribution in [3.8, 4) is 28.4 Å². The zero-order chi connectivity index (χ0) is 25.1. The quantitative estimate of drug-likeness (QED) is 0.494. The van der Waals surface area contributed by atoms with Gasteiger partial charge in [-0.15, -0.1) is 0 Å². The van der Waals surface area contributed by atoms with E-state index in [1.165, 1.54) is 0 Å². The van der Waals surface area contributed by atoms with E-state index < -0.39 is 0 Å². The highest BCUT2D eigenvalue weighted by Gasteiger charge is 2.22. The van der Waals surface area contributed by atoms with Crippen molar-refractivity contribution in [2.45, 2.75) is 13.8 Å². The van der Waals surface area contributed by atoms with Crippen molar-refractivity contribution in [1.29, 1.82) is 0 Å². The van der Waals surface area contributed by atoms with Crippen LogP contribution in [0.15, 0.2) is 47.1 Å². The molecule has 0 unspecified atom stereocenters. The Balaban J connectivity index is 1.67. The van der Waals surface area contributed by atoms with Gasteiger partial charge in [-0.25, -0.2) is 0 Å². The van der Waals surface area contributed by atoms with Crippen LogP contribution >= 0.6 is 0 Å². The zero-order valence-corrected chi connectivity index (χ0v) is 20.7. The minimum Gasteiger partial charge on any atom is -0.496 e. The molecule has 1 aromatic heterocycles. The number of ether oxygens (including phenoxy) is 3. The molecule has 0 radical (unpaired) electrons. The smallest absolute Gasteiger partial charge is 0.246 e. The molecule has 8 nitrogen and oxygen atoms in total. The molecule has 1 saturated heterocycles. The summed E-state index contributed by atoms with van der Waals surface area (Å²) in [6, 6.07) is 9.52. The molecule has 2 heterocycles. The number of fused-ring (bicyclic) bond motifs is 1. The van der Waals surface area contributed by atoms with Crippen LogP contribution in [0, 0.1) is 0 Å². The molecule has 2 amide bonds. The van der Waals surface area contributed by atoms with Crippen molar-refractivity contribution in [3.05, 3.63) is 48.2 Å². The molecule has 1 aliphatic heterocycles. The molecular weight excluding hydrogens is 448 g/mol. The van der Waals surface area contributed by atoms with Crippen LogP contribution in [0.3, 0.4) is 0 Å². The molecule has 0 N–H and O–H groups in total. The van der Waals surface area contributed by atoms with Crippen LogP contribution in [0.4, 0.5) is 0 Å². The minimum absolute atomic E-state index is 0.0345. The highest BCUT2D eigenvalue weighted by atomic mass is 16.5. The largest absolute Gasteiger partial charge is 0.496 e. The van der Waals surface area contributed by atoms with Gasteiger partial charge < -0.3 is 28.4 Å². The van der Waals surface area contributed by atoms with Gasteiger partial charge in [0.05, 0.1) is 27.6 Å². The summed E-state index contributed by atoms with van der Waals surface area (Å²) in [6.45, 7) is 5.58. The van der Waals surface area contributed by atoms with Crippen LogP contribution in [0.1, 0.15) is 19.4 Å². The lowest BCUT2D eigenvalue weighted by Gasteiger charge is -2.33. The first-order chi connectivity index (χ1) is 16.9. The van der Waals surface area contributed by atoms with Crippen molar-refractivity contribution >= 4 is 28.4 Å². The number of hydrogen-bond acceptors (Lipinski definition) is 6. The Hall–Kier alpha value is -3.94. The summed E-state index contributed by atoms with van der Waals surface area (Å²) in [5, 5.41) is 0.892. The van der Waals surface area contributed by atoms with E-state index in [4.69, 9.17) is 18.6 Å². The molecule has 4 rings (SSSR count). The summed E-state index contributed by atoms with van der Waals surface area (Å²) in [7, 11) is 4.80. The molecule has 0 aliphatic carbocycles. The number of benzene rings is 2. The lowest BCUT2D eigenvalue weighted by Crippen LogP contribution is -2.49. The number of hydrogen-bond donors (Lipinski definition) is 0. The molecule has 35 heavy (non-hydrogen) atoms. The van der Waals surface area contributed by atoms with Crippen LogP contribution in [-0.2, 0) is 9.59 Å². The lowest BCUT2D eigenvalue weighted by molar-refractivity contribution is -0.135. The highest BCUT2D eigenvalue weighted by molar-refractivity contribution is 6.00. The number of amides is 2. The van der Waals surface area contributed by atoms with Gasteiger partial charge in [0.25, 0.3) is 0 Å². The van der Waals surface area contributed by atoms with Gasteiger partial charge in [-0.2, -0.15) is 0 Å². The van der Waals surface area contributed by atoms with Gasteiger partial charge in [-0.05, 0) is 36.3 Å². The highest BCUT2D eigenvalue weighted by Crippen LogP contribution is 2.39. The normalized spacial score (nSPS) is 14.3. The van der Waals surface area contributed by atoms with Crippen molar-refractivity contribution in [2.24, 2.45) is 0 Å². The number of methoxy groups -OCH3 is 3. The number of furan rings is 1. The van der Waals surface area contributed by atoms with Crippen molar-refractivity contribution in [3.63, 3.8) is 0 Å². The molecule has 2 aromatic carbocycles. The Bertz CT molecular complexity index is 1280. The van der Waals surface area contributed by atoms with Gasteiger partial charge >= 0.3 is 0 Å². The first-order valence-electron chi connectivity index (χ1n) is 11.4. The second-order valence-corrected chi connectivity index (χ2v) is 8.43. The molecule has 184 valence electrons. The fraction of sp³-hybridized carbons (Fsp3) is 0.333. The Morgan fingerprint density at radius 3 is 2.14 bits per heavy atom. The maximum Gasteiger partial charge on any atom is 0.246 e. The summed E-state index contributed by atoms with van der Waals surface area (Å²) in [4.78, 5) is 28.0. The van der Waals surface area contributed by atoms with Crippen molar-refractivity contribution < 1.29 is 28.2 Å². The second kappa shape index (κ2) is 10.1. The van der Waals surface area contributed by atoms with E-state index in [-0.39, 0.29) is 11.8 Å². The fourth-order valence-electron chi connectivity index (χ4n) is 4.36. The zero-order valence-electron chi connectivity index (χ0n) is 20.7. The molecule has 0 bridgehead atoms. The van der Waals surface area contributed by atoms with E-state index >= 15 is 0 Å². The van der Waals surface area contributed by atoms with Gasteiger partial charge in [0.15, 0.2) is 11.5 Å². The van der Waals surface area contributed by atoms with E-state index in [9.17, 15) is 9.59 Å².